The maximum atomic E-state index is 13.1. The monoisotopic (exact) mass is 435 g/mol. The fourth-order valence-electron chi connectivity index (χ4n) is 3.22. The van der Waals surface area contributed by atoms with Crippen molar-refractivity contribution in [2.24, 2.45) is 0 Å². The lowest BCUT2D eigenvalue weighted by atomic mass is 10.1. The SMILES string of the molecule is CCc1ccc(CN(C(=O)c2ccc(Br)cc2)C2CCS(=O)(=O)C2)cc1. The normalized spacial score (nSPS) is 18.6. The van der Waals surface area contributed by atoms with Crippen molar-refractivity contribution in [1.82, 2.24) is 4.90 Å². The second-order valence-electron chi connectivity index (χ2n) is 6.67. The van der Waals surface area contributed by atoms with Crippen molar-refractivity contribution in [3.63, 3.8) is 0 Å². The third kappa shape index (κ3) is 4.54. The molecular weight excluding hydrogens is 414 g/mol. The summed E-state index contributed by atoms with van der Waals surface area (Å²) in [4.78, 5) is 14.8. The van der Waals surface area contributed by atoms with Gasteiger partial charge in [-0.15, -0.1) is 0 Å². The lowest BCUT2D eigenvalue weighted by Crippen LogP contribution is -2.40. The van der Waals surface area contributed by atoms with Crippen molar-refractivity contribution in [2.75, 3.05) is 11.5 Å². The van der Waals surface area contributed by atoms with Crippen LogP contribution in [-0.4, -0.2) is 36.8 Å². The van der Waals surface area contributed by atoms with Gasteiger partial charge in [0.1, 0.15) is 0 Å². The molecule has 1 atom stereocenters. The van der Waals surface area contributed by atoms with Gasteiger partial charge in [0.2, 0.25) is 0 Å². The second kappa shape index (κ2) is 7.92. The molecule has 1 aliphatic rings. The van der Waals surface area contributed by atoms with Crippen LogP contribution in [0.2, 0.25) is 0 Å². The van der Waals surface area contributed by atoms with Crippen molar-refractivity contribution in [2.45, 2.75) is 32.4 Å². The summed E-state index contributed by atoms with van der Waals surface area (Å²) in [6.07, 6.45) is 1.46. The van der Waals surface area contributed by atoms with E-state index < -0.39 is 9.84 Å². The number of benzene rings is 2. The van der Waals surface area contributed by atoms with Crippen LogP contribution in [0.25, 0.3) is 0 Å². The molecule has 0 aromatic heterocycles. The summed E-state index contributed by atoms with van der Waals surface area (Å²) < 4.78 is 24.8. The standard InChI is InChI=1S/C20H22BrNO3S/c1-2-15-3-5-16(6-4-15)13-22(19-11-12-26(24,25)14-19)20(23)17-7-9-18(21)10-8-17/h3-10,19H,2,11-14H2,1H3. The maximum absolute atomic E-state index is 13.1. The highest BCUT2D eigenvalue weighted by atomic mass is 79.9. The molecule has 2 aromatic carbocycles. The van der Waals surface area contributed by atoms with Gasteiger partial charge in [-0.3, -0.25) is 4.79 Å². The molecule has 138 valence electrons. The molecule has 1 aliphatic heterocycles. The summed E-state index contributed by atoms with van der Waals surface area (Å²) in [7, 11) is -3.07. The highest BCUT2D eigenvalue weighted by Crippen LogP contribution is 2.23. The Morgan fingerprint density at radius 2 is 1.69 bits per heavy atom. The van der Waals surface area contributed by atoms with Gasteiger partial charge in [0.05, 0.1) is 11.5 Å². The molecular formula is C20H22BrNO3S. The number of carbonyl (C=O) groups is 1. The smallest absolute Gasteiger partial charge is 0.254 e. The van der Waals surface area contributed by atoms with E-state index in [0.29, 0.717) is 18.5 Å². The zero-order chi connectivity index (χ0) is 18.7. The Morgan fingerprint density at radius 3 is 2.23 bits per heavy atom. The maximum Gasteiger partial charge on any atom is 0.254 e. The van der Waals surface area contributed by atoms with Gasteiger partial charge in [0.15, 0.2) is 9.84 Å². The quantitative estimate of drug-likeness (QED) is 0.716. The number of nitrogens with zero attached hydrogens (tertiary/aromatic N) is 1. The van der Waals surface area contributed by atoms with E-state index in [1.807, 2.05) is 24.3 Å². The Bertz CT molecular complexity index is 876. The topological polar surface area (TPSA) is 54.5 Å². The van der Waals surface area contributed by atoms with Crippen LogP contribution in [0.4, 0.5) is 0 Å². The molecule has 0 spiro atoms. The fourth-order valence-corrected chi connectivity index (χ4v) is 5.22. The molecule has 1 unspecified atom stereocenters. The fraction of sp³-hybridized carbons (Fsp3) is 0.350. The van der Waals surface area contributed by atoms with Crippen molar-refractivity contribution < 1.29 is 13.2 Å². The first-order valence-corrected chi connectivity index (χ1v) is 11.3. The molecule has 0 N–H and O–H groups in total. The summed E-state index contributed by atoms with van der Waals surface area (Å²) in [5.41, 5.74) is 2.82. The lowest BCUT2D eigenvalue weighted by molar-refractivity contribution is 0.0681. The number of sulfone groups is 1. The van der Waals surface area contributed by atoms with Gasteiger partial charge in [-0.05, 0) is 48.2 Å². The Hall–Kier alpha value is -1.66. The Balaban J connectivity index is 1.88. The van der Waals surface area contributed by atoms with Crippen LogP contribution in [0.15, 0.2) is 53.0 Å². The van der Waals surface area contributed by atoms with Crippen LogP contribution < -0.4 is 0 Å². The van der Waals surface area contributed by atoms with Crippen LogP contribution in [0.3, 0.4) is 0 Å². The van der Waals surface area contributed by atoms with E-state index >= 15 is 0 Å². The zero-order valence-corrected chi connectivity index (χ0v) is 17.1. The average molecular weight is 436 g/mol. The first-order valence-electron chi connectivity index (χ1n) is 8.73. The van der Waals surface area contributed by atoms with Crippen LogP contribution in [0, 0.1) is 0 Å². The zero-order valence-electron chi connectivity index (χ0n) is 14.7. The molecule has 1 saturated heterocycles. The minimum Gasteiger partial charge on any atom is -0.330 e. The Kier molecular flexibility index (Phi) is 5.82. The lowest BCUT2D eigenvalue weighted by Gasteiger charge is -2.28. The van der Waals surface area contributed by atoms with Crippen molar-refractivity contribution in [3.8, 4) is 0 Å². The van der Waals surface area contributed by atoms with Crippen LogP contribution in [0.5, 0.6) is 0 Å². The molecule has 0 aliphatic carbocycles. The van der Waals surface area contributed by atoms with Gasteiger partial charge in [0, 0.05) is 22.6 Å². The Morgan fingerprint density at radius 1 is 1.08 bits per heavy atom. The van der Waals surface area contributed by atoms with Gasteiger partial charge in [-0.2, -0.15) is 0 Å². The van der Waals surface area contributed by atoms with E-state index in [2.05, 4.69) is 35.0 Å². The first-order chi connectivity index (χ1) is 12.4. The number of carbonyl (C=O) groups excluding carboxylic acids is 1. The molecule has 0 radical (unpaired) electrons. The third-order valence-electron chi connectivity index (χ3n) is 4.79. The number of hydrogen-bond acceptors (Lipinski definition) is 3. The van der Waals surface area contributed by atoms with E-state index in [4.69, 9.17) is 0 Å². The molecule has 4 nitrogen and oxygen atoms in total. The second-order valence-corrected chi connectivity index (χ2v) is 9.81. The first kappa shape index (κ1) is 19.1. The number of amides is 1. The molecule has 2 aromatic rings. The predicted octanol–water partition coefficient (Wildman–Crippen LogP) is 3.84. The third-order valence-corrected chi connectivity index (χ3v) is 7.06. The highest BCUT2D eigenvalue weighted by molar-refractivity contribution is 9.10. The Labute approximate surface area is 163 Å². The molecule has 0 saturated carbocycles. The minimum atomic E-state index is -3.07. The van der Waals surface area contributed by atoms with Crippen molar-refractivity contribution in [3.05, 3.63) is 69.7 Å². The summed E-state index contributed by atoms with van der Waals surface area (Å²) in [6.45, 7) is 2.51. The van der Waals surface area contributed by atoms with E-state index in [1.54, 1.807) is 17.0 Å². The van der Waals surface area contributed by atoms with Crippen LogP contribution in [0.1, 0.15) is 34.8 Å². The van der Waals surface area contributed by atoms with E-state index in [-0.39, 0.29) is 23.5 Å². The summed E-state index contributed by atoms with van der Waals surface area (Å²) in [5, 5.41) is 0. The number of rotatable bonds is 5. The van der Waals surface area contributed by atoms with Crippen molar-refractivity contribution >= 4 is 31.7 Å². The van der Waals surface area contributed by atoms with Gasteiger partial charge in [-0.25, -0.2) is 8.42 Å². The van der Waals surface area contributed by atoms with Crippen LogP contribution >= 0.6 is 15.9 Å². The van der Waals surface area contributed by atoms with Gasteiger partial charge in [-0.1, -0.05) is 47.1 Å². The molecule has 0 bridgehead atoms. The van der Waals surface area contributed by atoms with E-state index in [9.17, 15) is 13.2 Å². The van der Waals surface area contributed by atoms with Gasteiger partial charge < -0.3 is 4.90 Å². The predicted molar refractivity (Wildman–Crippen MR) is 107 cm³/mol. The summed E-state index contributed by atoms with van der Waals surface area (Å²) in [5.74, 6) is 0.0676. The molecule has 3 rings (SSSR count). The number of hydrogen-bond donors (Lipinski definition) is 0. The van der Waals surface area contributed by atoms with Crippen LogP contribution in [-0.2, 0) is 22.8 Å². The summed E-state index contributed by atoms with van der Waals surface area (Å²) in [6, 6.07) is 15.1. The number of halogens is 1. The van der Waals surface area contributed by atoms with E-state index in [1.165, 1.54) is 5.56 Å². The van der Waals surface area contributed by atoms with Gasteiger partial charge in [0.25, 0.3) is 5.91 Å². The molecule has 6 heteroatoms. The largest absolute Gasteiger partial charge is 0.330 e. The minimum absolute atomic E-state index is 0.0440. The molecule has 26 heavy (non-hydrogen) atoms. The summed E-state index contributed by atoms with van der Waals surface area (Å²) >= 11 is 3.38. The van der Waals surface area contributed by atoms with Gasteiger partial charge >= 0.3 is 0 Å². The average Bonchev–Trinajstić information content (AvgIpc) is 3.00. The molecule has 1 heterocycles. The van der Waals surface area contributed by atoms with Crippen molar-refractivity contribution in [1.29, 1.82) is 0 Å². The number of aryl methyl sites for hydroxylation is 1. The van der Waals surface area contributed by atoms with E-state index in [0.717, 1.165) is 16.5 Å². The molecule has 1 amide bonds. The highest BCUT2D eigenvalue weighted by Gasteiger charge is 2.35. The molecule has 1 fully saturated rings.